The summed E-state index contributed by atoms with van der Waals surface area (Å²) >= 11 is 0. The largest absolute Gasteiger partial charge is 0.481 e. The molecule has 0 bridgehead atoms. The molecule has 4 atom stereocenters. The minimum atomic E-state index is -0.922. The lowest BCUT2D eigenvalue weighted by atomic mass is 10.0. The molecule has 0 amide bonds. The van der Waals surface area contributed by atoms with E-state index in [0.717, 1.165) is 0 Å². The zero-order valence-electron chi connectivity index (χ0n) is 7.70. The summed E-state index contributed by atoms with van der Waals surface area (Å²) in [6, 6.07) is -0.252. The maximum Gasteiger partial charge on any atom is 0.306 e. The van der Waals surface area contributed by atoms with Crippen molar-refractivity contribution in [2.24, 2.45) is 5.92 Å². The van der Waals surface area contributed by atoms with E-state index in [1.54, 1.807) is 6.92 Å². The second-order valence-corrected chi connectivity index (χ2v) is 4.36. The third-order valence-electron chi connectivity index (χ3n) is 1.71. The van der Waals surface area contributed by atoms with Crippen LogP contribution in [0.1, 0.15) is 20.3 Å². The van der Waals surface area contributed by atoms with Crippen LogP contribution >= 0.6 is 17.3 Å². The van der Waals surface area contributed by atoms with Crippen LogP contribution < -0.4 is 5.09 Å². The highest BCUT2D eigenvalue weighted by Gasteiger charge is 2.19. The van der Waals surface area contributed by atoms with Gasteiger partial charge in [0.2, 0.25) is 0 Å². The lowest BCUT2D eigenvalue weighted by Gasteiger charge is -2.12. The smallest absolute Gasteiger partial charge is 0.306 e. The van der Waals surface area contributed by atoms with E-state index in [1.807, 2.05) is 0 Å². The van der Waals surface area contributed by atoms with Crippen molar-refractivity contribution >= 4 is 29.1 Å². The van der Waals surface area contributed by atoms with Crippen molar-refractivity contribution in [1.82, 2.24) is 5.09 Å². The van der Waals surface area contributed by atoms with Gasteiger partial charge in [-0.25, -0.2) is 0 Å². The molecular formula is C7H15NO3P2. The molecule has 0 aliphatic rings. The van der Waals surface area contributed by atoms with Crippen molar-refractivity contribution in [2.45, 2.75) is 26.3 Å². The van der Waals surface area contributed by atoms with E-state index in [1.165, 1.54) is 6.92 Å². The zero-order valence-corrected chi connectivity index (χ0v) is 9.86. The Kier molecular flexibility index (Phi) is 6.40. The number of Topliss-reactive ketones (excluding diaryl/α,β-unsaturated/α-hetero) is 1. The van der Waals surface area contributed by atoms with Crippen LogP contribution in [0.5, 0.6) is 0 Å². The summed E-state index contributed by atoms with van der Waals surface area (Å²) in [6.07, 6.45) is 0.0959. The van der Waals surface area contributed by atoms with Crippen LogP contribution in [0.3, 0.4) is 0 Å². The predicted molar refractivity (Wildman–Crippen MR) is 57.0 cm³/mol. The Bertz CT molecular complexity index is 198. The van der Waals surface area contributed by atoms with Crippen molar-refractivity contribution in [3.63, 3.8) is 0 Å². The van der Waals surface area contributed by atoms with Crippen LogP contribution in [-0.4, -0.2) is 22.9 Å². The molecule has 13 heavy (non-hydrogen) atoms. The van der Waals surface area contributed by atoms with Crippen LogP contribution in [0.2, 0.25) is 0 Å². The first-order valence-electron chi connectivity index (χ1n) is 3.95. The van der Waals surface area contributed by atoms with Crippen LogP contribution in [0, 0.1) is 5.92 Å². The van der Waals surface area contributed by atoms with E-state index in [2.05, 4.69) is 14.0 Å². The SMILES string of the molecule is CC(CC(=O)C(C)NPP)C(=O)O. The monoisotopic (exact) mass is 223 g/mol. The highest BCUT2D eigenvalue weighted by molar-refractivity contribution is 8.01. The van der Waals surface area contributed by atoms with E-state index in [4.69, 9.17) is 5.11 Å². The first kappa shape index (κ1) is 13.0. The van der Waals surface area contributed by atoms with Crippen molar-refractivity contribution in [3.05, 3.63) is 0 Å². The molecule has 0 spiro atoms. The number of ketones is 1. The Balaban J connectivity index is 3.92. The summed E-state index contributed by atoms with van der Waals surface area (Å²) in [6.45, 7) is 3.28. The molecule has 0 heterocycles. The summed E-state index contributed by atoms with van der Waals surface area (Å²) < 4.78 is 0. The Morgan fingerprint density at radius 3 is 2.46 bits per heavy atom. The Hall–Kier alpha value is -0.0400. The number of carboxylic acids is 1. The van der Waals surface area contributed by atoms with Crippen molar-refractivity contribution in [2.75, 3.05) is 0 Å². The summed E-state index contributed by atoms with van der Waals surface area (Å²) in [5.41, 5.74) is 0. The van der Waals surface area contributed by atoms with Gasteiger partial charge in [-0.2, -0.15) is 0 Å². The van der Waals surface area contributed by atoms with Gasteiger partial charge in [0.15, 0.2) is 5.78 Å². The van der Waals surface area contributed by atoms with E-state index >= 15 is 0 Å². The van der Waals surface area contributed by atoms with Gasteiger partial charge in [0, 0.05) is 6.42 Å². The van der Waals surface area contributed by atoms with E-state index in [-0.39, 0.29) is 18.2 Å². The Labute approximate surface area is 81.8 Å². The fraction of sp³-hybridized carbons (Fsp3) is 0.714. The minimum Gasteiger partial charge on any atom is -0.481 e. The molecular weight excluding hydrogens is 208 g/mol. The van der Waals surface area contributed by atoms with Crippen molar-refractivity contribution in [3.8, 4) is 0 Å². The number of nitrogens with one attached hydrogen (secondary N) is 1. The van der Waals surface area contributed by atoms with Gasteiger partial charge >= 0.3 is 5.97 Å². The standard InChI is InChI=1S/C7H15NO3P2/c1-4(7(10)11)3-6(9)5(2)8-13-12/h4-5,8,13H,3,12H2,1-2H3,(H,10,11). The maximum absolute atomic E-state index is 11.3. The van der Waals surface area contributed by atoms with Gasteiger partial charge in [-0.15, -0.1) is 0 Å². The quantitative estimate of drug-likeness (QED) is 0.660. The third-order valence-corrected chi connectivity index (χ3v) is 2.81. The number of carboxylic acid groups (broad SMARTS) is 1. The molecule has 6 heteroatoms. The number of carbonyl (C=O) groups excluding carboxylic acids is 1. The molecule has 0 aromatic rings. The topological polar surface area (TPSA) is 66.4 Å². The molecule has 0 fully saturated rings. The molecule has 2 N–H and O–H groups in total. The average Bonchev–Trinajstić information content (AvgIpc) is 2.04. The summed E-state index contributed by atoms with van der Waals surface area (Å²) in [7, 11) is 2.90. The molecule has 0 aliphatic heterocycles. The van der Waals surface area contributed by atoms with E-state index in [0.29, 0.717) is 8.42 Å². The van der Waals surface area contributed by atoms with Gasteiger partial charge in [-0.3, -0.25) is 14.7 Å². The predicted octanol–water partition coefficient (Wildman–Crippen LogP) is 1.03. The molecule has 0 saturated heterocycles. The van der Waals surface area contributed by atoms with Gasteiger partial charge < -0.3 is 5.11 Å². The van der Waals surface area contributed by atoms with Crippen LogP contribution in [0.25, 0.3) is 0 Å². The van der Waals surface area contributed by atoms with Crippen molar-refractivity contribution < 1.29 is 14.7 Å². The number of carbonyl (C=O) groups is 2. The molecule has 0 aliphatic carbocycles. The normalized spacial score (nSPS) is 15.9. The van der Waals surface area contributed by atoms with Gasteiger partial charge in [0.05, 0.1) is 12.0 Å². The number of rotatable bonds is 6. The van der Waals surface area contributed by atoms with Gasteiger partial charge in [-0.05, 0) is 15.3 Å². The van der Waals surface area contributed by atoms with Gasteiger partial charge in [-0.1, -0.05) is 15.9 Å². The molecule has 4 unspecified atom stereocenters. The van der Waals surface area contributed by atoms with Crippen molar-refractivity contribution in [1.29, 1.82) is 0 Å². The molecule has 0 rings (SSSR count). The molecule has 0 saturated carbocycles. The number of hydrogen-bond acceptors (Lipinski definition) is 3. The van der Waals surface area contributed by atoms with E-state index in [9.17, 15) is 9.59 Å². The molecule has 0 radical (unpaired) electrons. The fourth-order valence-corrected chi connectivity index (χ4v) is 1.93. The number of hydrogen-bond donors (Lipinski definition) is 2. The van der Waals surface area contributed by atoms with Gasteiger partial charge in [0.25, 0.3) is 0 Å². The Morgan fingerprint density at radius 1 is 1.54 bits per heavy atom. The van der Waals surface area contributed by atoms with Crippen LogP contribution in [-0.2, 0) is 9.59 Å². The highest BCUT2D eigenvalue weighted by Crippen LogP contribution is 2.16. The number of aliphatic carboxylic acids is 1. The van der Waals surface area contributed by atoms with Crippen LogP contribution in [0.15, 0.2) is 0 Å². The average molecular weight is 223 g/mol. The Morgan fingerprint density at radius 2 is 2.08 bits per heavy atom. The highest BCUT2D eigenvalue weighted by atomic mass is 32.0. The molecule has 0 aromatic heterocycles. The first-order valence-corrected chi connectivity index (χ1v) is 6.76. The van der Waals surface area contributed by atoms with E-state index < -0.39 is 11.9 Å². The second-order valence-electron chi connectivity index (χ2n) is 2.92. The molecule has 0 aromatic carbocycles. The zero-order chi connectivity index (χ0) is 10.4. The van der Waals surface area contributed by atoms with Gasteiger partial charge in [0.1, 0.15) is 0 Å². The fourth-order valence-electron chi connectivity index (χ4n) is 0.771. The third kappa shape index (κ3) is 5.30. The maximum atomic E-state index is 11.3. The second kappa shape index (κ2) is 6.42. The molecule has 4 nitrogen and oxygen atoms in total. The minimum absolute atomic E-state index is 0.0511. The van der Waals surface area contributed by atoms with Crippen LogP contribution in [0.4, 0.5) is 0 Å². The lowest BCUT2D eigenvalue weighted by molar-refractivity contribution is -0.143. The lowest BCUT2D eigenvalue weighted by Crippen LogP contribution is -2.30. The molecule has 76 valence electrons. The summed E-state index contributed by atoms with van der Waals surface area (Å²) in [4.78, 5) is 21.8. The first-order chi connectivity index (χ1) is 5.99. The summed E-state index contributed by atoms with van der Waals surface area (Å²) in [5.74, 6) is -1.57. The summed E-state index contributed by atoms with van der Waals surface area (Å²) in [5, 5.41) is 11.5.